The molecule has 2 aliphatic heterocycles. The number of nitrogens with zero attached hydrogens (tertiary/aromatic N) is 3. The third-order valence-electron chi connectivity index (χ3n) is 1.73. The van der Waals surface area contributed by atoms with E-state index in [0.29, 0.717) is 10.2 Å². The van der Waals surface area contributed by atoms with E-state index in [4.69, 9.17) is 12.2 Å². The Morgan fingerprint density at radius 1 is 1.46 bits per heavy atom. The van der Waals surface area contributed by atoms with Crippen molar-refractivity contribution in [2.75, 3.05) is 6.26 Å². The molecule has 0 saturated carbocycles. The second-order valence-corrected chi connectivity index (χ2v) is 3.87. The number of thiocarbonyl (C=S) groups is 1. The van der Waals surface area contributed by atoms with Gasteiger partial charge in [-0.05, 0) is 13.2 Å². The number of nitrogens with one attached hydrogen (secondary N) is 1. The lowest BCUT2D eigenvalue weighted by molar-refractivity contribution is 1.14. The zero-order valence-electron chi connectivity index (χ0n) is 7.24. The SMILES string of the molecule is CSC1=NC(=S)C2N=C(C)NC2=N1. The van der Waals surface area contributed by atoms with E-state index in [1.165, 1.54) is 11.8 Å². The monoisotopic (exact) mass is 212 g/mol. The van der Waals surface area contributed by atoms with Crippen molar-refractivity contribution < 1.29 is 0 Å². The molecule has 0 aromatic heterocycles. The van der Waals surface area contributed by atoms with E-state index in [2.05, 4.69) is 20.3 Å². The van der Waals surface area contributed by atoms with Gasteiger partial charge in [0.1, 0.15) is 10.8 Å². The zero-order chi connectivity index (χ0) is 9.42. The first kappa shape index (κ1) is 8.83. The summed E-state index contributed by atoms with van der Waals surface area (Å²) in [7, 11) is 0. The maximum atomic E-state index is 5.11. The summed E-state index contributed by atoms with van der Waals surface area (Å²) >= 11 is 6.59. The quantitative estimate of drug-likeness (QED) is 0.605. The lowest BCUT2D eigenvalue weighted by Crippen LogP contribution is -2.35. The maximum absolute atomic E-state index is 5.11. The second-order valence-electron chi connectivity index (χ2n) is 2.68. The number of fused-ring (bicyclic) bond motifs is 1. The van der Waals surface area contributed by atoms with Crippen molar-refractivity contribution in [3.63, 3.8) is 0 Å². The molecular formula is C7H8N4S2. The van der Waals surface area contributed by atoms with Gasteiger partial charge in [0.05, 0.1) is 5.84 Å². The highest BCUT2D eigenvalue weighted by Crippen LogP contribution is 2.15. The number of thioether (sulfide) groups is 1. The lowest BCUT2D eigenvalue weighted by atomic mass is 10.3. The van der Waals surface area contributed by atoms with Gasteiger partial charge in [0.25, 0.3) is 0 Å². The smallest absolute Gasteiger partial charge is 0.190 e. The number of hydrogen-bond donors (Lipinski definition) is 1. The Bertz CT molecular complexity index is 356. The van der Waals surface area contributed by atoms with E-state index < -0.39 is 0 Å². The van der Waals surface area contributed by atoms with Crippen molar-refractivity contribution >= 4 is 45.8 Å². The van der Waals surface area contributed by atoms with Gasteiger partial charge >= 0.3 is 0 Å². The van der Waals surface area contributed by atoms with Gasteiger partial charge in [0.2, 0.25) is 0 Å². The van der Waals surface area contributed by atoms with Crippen molar-refractivity contribution in [3.05, 3.63) is 0 Å². The second kappa shape index (κ2) is 3.19. The van der Waals surface area contributed by atoms with Crippen LogP contribution >= 0.6 is 24.0 Å². The zero-order valence-corrected chi connectivity index (χ0v) is 8.87. The summed E-state index contributed by atoms with van der Waals surface area (Å²) in [6.45, 7) is 1.89. The fourth-order valence-corrected chi connectivity index (χ4v) is 1.86. The summed E-state index contributed by atoms with van der Waals surface area (Å²) in [6, 6.07) is -0.147. The molecule has 2 rings (SSSR count). The Labute approximate surface area is 85.6 Å². The Morgan fingerprint density at radius 2 is 2.23 bits per heavy atom. The van der Waals surface area contributed by atoms with Crippen LogP contribution in [0.15, 0.2) is 15.0 Å². The molecule has 2 aliphatic rings. The van der Waals surface area contributed by atoms with Crippen LogP contribution in [0.2, 0.25) is 0 Å². The first-order valence-corrected chi connectivity index (χ1v) is 5.40. The summed E-state index contributed by atoms with van der Waals surface area (Å²) in [5.74, 6) is 1.66. The Kier molecular flexibility index (Phi) is 2.17. The largest absolute Gasteiger partial charge is 0.330 e. The van der Waals surface area contributed by atoms with Crippen molar-refractivity contribution in [3.8, 4) is 0 Å². The summed E-state index contributed by atoms with van der Waals surface area (Å²) in [4.78, 5) is 13.3. The molecule has 0 radical (unpaired) electrons. The van der Waals surface area contributed by atoms with Gasteiger partial charge in [0, 0.05) is 0 Å². The summed E-state index contributed by atoms with van der Waals surface area (Å²) in [6.07, 6.45) is 1.93. The van der Waals surface area contributed by atoms with Crippen LogP contribution in [-0.2, 0) is 0 Å². The summed E-state index contributed by atoms with van der Waals surface area (Å²) in [5, 5.41) is 3.77. The normalized spacial score (nSPS) is 25.8. The molecular weight excluding hydrogens is 204 g/mol. The van der Waals surface area contributed by atoms with E-state index in [1.807, 2.05) is 13.2 Å². The highest BCUT2D eigenvalue weighted by atomic mass is 32.2. The number of rotatable bonds is 0. The van der Waals surface area contributed by atoms with E-state index in [-0.39, 0.29) is 6.04 Å². The first-order chi connectivity index (χ1) is 6.20. The van der Waals surface area contributed by atoms with Crippen molar-refractivity contribution in [1.82, 2.24) is 5.32 Å². The minimum atomic E-state index is -0.147. The highest BCUT2D eigenvalue weighted by Gasteiger charge is 2.29. The molecule has 0 saturated heterocycles. The van der Waals surface area contributed by atoms with Gasteiger partial charge in [-0.1, -0.05) is 24.0 Å². The Morgan fingerprint density at radius 3 is 2.92 bits per heavy atom. The molecule has 1 unspecified atom stereocenters. The minimum absolute atomic E-state index is 0.147. The van der Waals surface area contributed by atoms with Gasteiger partial charge in [-0.15, -0.1) is 0 Å². The Balaban J connectivity index is 2.34. The van der Waals surface area contributed by atoms with Gasteiger partial charge in [-0.2, -0.15) is 0 Å². The van der Waals surface area contributed by atoms with Crippen LogP contribution in [0.4, 0.5) is 0 Å². The van der Waals surface area contributed by atoms with Crippen molar-refractivity contribution in [2.24, 2.45) is 15.0 Å². The van der Waals surface area contributed by atoms with Crippen LogP contribution in [0.5, 0.6) is 0 Å². The predicted octanol–water partition coefficient (Wildman–Crippen LogP) is 0.835. The van der Waals surface area contributed by atoms with Crippen LogP contribution in [0.25, 0.3) is 0 Å². The molecule has 0 amide bonds. The summed E-state index contributed by atoms with van der Waals surface area (Å²) < 4.78 is 0. The fraction of sp³-hybridized carbons (Fsp3) is 0.429. The molecule has 2 heterocycles. The summed E-state index contributed by atoms with van der Waals surface area (Å²) in [5.41, 5.74) is 0. The molecule has 0 aliphatic carbocycles. The number of hydrogen-bond acceptors (Lipinski definition) is 5. The van der Waals surface area contributed by atoms with Crippen LogP contribution in [0.1, 0.15) is 6.92 Å². The maximum Gasteiger partial charge on any atom is 0.190 e. The number of aliphatic imine (C=N–C) groups is 3. The average Bonchev–Trinajstić information content (AvgIpc) is 2.46. The van der Waals surface area contributed by atoms with Crippen molar-refractivity contribution in [2.45, 2.75) is 13.0 Å². The van der Waals surface area contributed by atoms with Crippen LogP contribution < -0.4 is 5.32 Å². The molecule has 0 aromatic carbocycles. The van der Waals surface area contributed by atoms with Gasteiger partial charge in [-0.25, -0.2) is 9.98 Å². The van der Waals surface area contributed by atoms with E-state index in [0.717, 1.165) is 11.7 Å². The van der Waals surface area contributed by atoms with Gasteiger partial charge in [0.15, 0.2) is 11.2 Å². The topological polar surface area (TPSA) is 49.1 Å². The molecule has 0 aromatic rings. The van der Waals surface area contributed by atoms with Gasteiger partial charge < -0.3 is 5.32 Å². The Hall–Kier alpha value is -0.750. The van der Waals surface area contributed by atoms with Crippen LogP contribution in [0.3, 0.4) is 0 Å². The van der Waals surface area contributed by atoms with E-state index in [1.54, 1.807) is 0 Å². The molecule has 0 spiro atoms. The standard InChI is InChI=1S/C7H8N4S2/c1-3-8-4-5(9-3)10-7(13-2)11-6(4)12/h4H,1-2H3,(H,8,9,10,11,12). The lowest BCUT2D eigenvalue weighted by Gasteiger charge is -2.12. The number of amidine groups is 3. The molecule has 1 atom stereocenters. The molecule has 68 valence electrons. The average molecular weight is 212 g/mol. The third-order valence-corrected chi connectivity index (χ3v) is 2.59. The molecule has 1 N–H and O–H groups in total. The third kappa shape index (κ3) is 1.51. The van der Waals surface area contributed by atoms with E-state index >= 15 is 0 Å². The van der Waals surface area contributed by atoms with Crippen LogP contribution in [0, 0.1) is 0 Å². The molecule has 4 nitrogen and oxygen atoms in total. The van der Waals surface area contributed by atoms with Gasteiger partial charge in [-0.3, -0.25) is 4.99 Å². The fourth-order valence-electron chi connectivity index (χ4n) is 1.18. The molecule has 6 heteroatoms. The minimum Gasteiger partial charge on any atom is -0.330 e. The molecule has 0 fully saturated rings. The van der Waals surface area contributed by atoms with Crippen LogP contribution in [-0.4, -0.2) is 34.1 Å². The van der Waals surface area contributed by atoms with E-state index in [9.17, 15) is 0 Å². The molecule has 13 heavy (non-hydrogen) atoms. The first-order valence-electron chi connectivity index (χ1n) is 3.77. The molecule has 0 bridgehead atoms. The highest BCUT2D eigenvalue weighted by molar-refractivity contribution is 8.13. The predicted molar refractivity (Wildman–Crippen MR) is 61.0 cm³/mol. The van der Waals surface area contributed by atoms with Crippen molar-refractivity contribution in [1.29, 1.82) is 0 Å².